The maximum absolute atomic E-state index is 12.3. The van der Waals surface area contributed by atoms with E-state index in [0.29, 0.717) is 12.8 Å². The Hall–Kier alpha value is -1.47. The quantitative estimate of drug-likeness (QED) is 0.0300. The molecule has 0 aromatic rings. The average Bonchev–Trinajstić information content (AvgIpc) is 3.02. The van der Waals surface area contributed by atoms with Crippen molar-refractivity contribution in [1.29, 1.82) is 0 Å². The lowest BCUT2D eigenvalue weighted by molar-refractivity contribution is -0.161. The van der Waals surface area contributed by atoms with Gasteiger partial charge in [-0.05, 0) is 64.2 Å². The minimum atomic E-state index is -4.75. The Balaban J connectivity index is 4.01. The Morgan fingerprint density at radius 1 is 0.543 bits per heavy atom. The van der Waals surface area contributed by atoms with E-state index in [9.17, 15) is 14.2 Å². The van der Waals surface area contributed by atoms with Crippen molar-refractivity contribution in [3.8, 4) is 0 Å². The maximum Gasteiger partial charge on any atom is 0.469 e. The molecule has 0 saturated carbocycles. The smallest absolute Gasteiger partial charge is 0.462 e. The van der Waals surface area contributed by atoms with Crippen LogP contribution in [-0.4, -0.2) is 41.0 Å². The molecule has 8 nitrogen and oxygen atoms in total. The van der Waals surface area contributed by atoms with Gasteiger partial charge in [0.1, 0.15) is 6.61 Å². The molecule has 0 spiro atoms. The van der Waals surface area contributed by atoms with Crippen molar-refractivity contribution in [2.45, 2.75) is 187 Å². The molecule has 0 amide bonds. The SMILES string of the molecule is CCCCCCCC/C=C/CCCCCC(=O)O[C@H](COC(=O)CCCC/C=C/CCCCCCCCCCC)COP(=O)(O)O. The van der Waals surface area contributed by atoms with Gasteiger partial charge in [-0.25, -0.2) is 4.57 Å². The van der Waals surface area contributed by atoms with Gasteiger partial charge in [0.25, 0.3) is 0 Å². The van der Waals surface area contributed by atoms with Crippen molar-refractivity contribution in [3.63, 3.8) is 0 Å². The summed E-state index contributed by atoms with van der Waals surface area (Å²) in [6.45, 7) is 3.63. The zero-order valence-electron chi connectivity index (χ0n) is 29.5. The Labute approximate surface area is 281 Å². The van der Waals surface area contributed by atoms with Gasteiger partial charge >= 0.3 is 19.8 Å². The van der Waals surface area contributed by atoms with Gasteiger partial charge < -0.3 is 19.3 Å². The number of hydrogen-bond donors (Lipinski definition) is 2. The summed E-state index contributed by atoms with van der Waals surface area (Å²) >= 11 is 0. The highest BCUT2D eigenvalue weighted by Crippen LogP contribution is 2.36. The summed E-state index contributed by atoms with van der Waals surface area (Å²) in [6, 6.07) is 0. The van der Waals surface area contributed by atoms with Gasteiger partial charge in [-0.2, -0.15) is 0 Å². The highest BCUT2D eigenvalue weighted by atomic mass is 31.2. The summed E-state index contributed by atoms with van der Waals surface area (Å²) in [6.07, 6.45) is 36.2. The van der Waals surface area contributed by atoms with Crippen LogP contribution in [0.4, 0.5) is 0 Å². The second kappa shape index (κ2) is 33.4. The first-order valence-electron chi connectivity index (χ1n) is 18.6. The third-order valence-corrected chi connectivity index (χ3v) is 8.43. The Kier molecular flexibility index (Phi) is 32.4. The topological polar surface area (TPSA) is 119 Å². The van der Waals surface area contributed by atoms with Gasteiger partial charge in [-0.15, -0.1) is 0 Å². The highest BCUT2D eigenvalue weighted by Gasteiger charge is 2.22. The first-order valence-corrected chi connectivity index (χ1v) is 20.2. The number of carbonyl (C=O) groups excluding carboxylic acids is 2. The number of esters is 2. The maximum atomic E-state index is 12.3. The predicted octanol–water partition coefficient (Wildman–Crippen LogP) is 10.8. The van der Waals surface area contributed by atoms with Crippen LogP contribution in [0.3, 0.4) is 0 Å². The Morgan fingerprint density at radius 2 is 0.913 bits per heavy atom. The molecule has 0 aliphatic heterocycles. The summed E-state index contributed by atoms with van der Waals surface area (Å²) in [7, 11) is -4.75. The minimum absolute atomic E-state index is 0.189. The third kappa shape index (κ3) is 35.4. The molecule has 0 bridgehead atoms. The number of carbonyl (C=O) groups is 2. The zero-order chi connectivity index (χ0) is 34.0. The van der Waals surface area contributed by atoms with Gasteiger partial charge in [0, 0.05) is 12.8 Å². The molecule has 270 valence electrons. The van der Waals surface area contributed by atoms with E-state index in [4.69, 9.17) is 19.3 Å². The van der Waals surface area contributed by atoms with Crippen LogP contribution in [-0.2, 0) is 28.2 Å². The molecule has 0 aromatic heterocycles. The molecule has 0 unspecified atom stereocenters. The van der Waals surface area contributed by atoms with Crippen molar-refractivity contribution in [2.24, 2.45) is 0 Å². The molecule has 0 saturated heterocycles. The average molecular weight is 673 g/mol. The van der Waals surface area contributed by atoms with E-state index in [0.717, 1.165) is 44.9 Å². The summed E-state index contributed by atoms with van der Waals surface area (Å²) in [4.78, 5) is 42.6. The van der Waals surface area contributed by atoms with Gasteiger partial charge in [0.15, 0.2) is 6.10 Å². The molecular weight excluding hydrogens is 603 g/mol. The number of phosphoric ester groups is 1. The second-order valence-corrected chi connectivity index (χ2v) is 13.8. The largest absolute Gasteiger partial charge is 0.469 e. The van der Waals surface area contributed by atoms with Gasteiger partial charge in [-0.3, -0.25) is 14.1 Å². The van der Waals surface area contributed by atoms with E-state index < -0.39 is 32.5 Å². The fourth-order valence-electron chi connectivity index (χ4n) is 5.13. The van der Waals surface area contributed by atoms with Crippen LogP contribution in [0.25, 0.3) is 0 Å². The predicted molar refractivity (Wildman–Crippen MR) is 189 cm³/mol. The first-order chi connectivity index (χ1) is 22.3. The van der Waals surface area contributed by atoms with Crippen LogP contribution >= 0.6 is 7.82 Å². The van der Waals surface area contributed by atoms with Gasteiger partial charge in [0.2, 0.25) is 0 Å². The molecular formula is C37H69O8P. The fraction of sp³-hybridized carbons (Fsp3) is 0.838. The number of hydrogen-bond acceptors (Lipinski definition) is 6. The monoisotopic (exact) mass is 672 g/mol. The minimum Gasteiger partial charge on any atom is -0.462 e. The van der Waals surface area contributed by atoms with Crippen LogP contribution < -0.4 is 0 Å². The molecule has 0 heterocycles. The number of unbranched alkanes of at least 4 members (excludes halogenated alkanes) is 20. The molecule has 0 radical (unpaired) electrons. The van der Waals surface area contributed by atoms with Crippen molar-refractivity contribution in [1.82, 2.24) is 0 Å². The third-order valence-electron chi connectivity index (χ3n) is 7.94. The number of ether oxygens (including phenoxy) is 2. The van der Waals surface area contributed by atoms with Crippen molar-refractivity contribution >= 4 is 19.8 Å². The van der Waals surface area contributed by atoms with Crippen LogP contribution in [0.2, 0.25) is 0 Å². The van der Waals surface area contributed by atoms with Crippen molar-refractivity contribution < 1.29 is 37.9 Å². The van der Waals surface area contributed by atoms with Crippen LogP contribution in [0.1, 0.15) is 181 Å². The molecule has 0 rings (SSSR count). The van der Waals surface area contributed by atoms with Gasteiger partial charge in [0.05, 0.1) is 6.61 Å². The van der Waals surface area contributed by atoms with Crippen LogP contribution in [0.15, 0.2) is 24.3 Å². The summed E-state index contributed by atoms with van der Waals surface area (Å²) in [5.74, 6) is -0.927. The van der Waals surface area contributed by atoms with Gasteiger partial charge in [-0.1, -0.05) is 128 Å². The summed E-state index contributed by atoms with van der Waals surface area (Å²) < 4.78 is 26.2. The lowest BCUT2D eigenvalue weighted by Gasteiger charge is -2.18. The Bertz CT molecular complexity index is 807. The van der Waals surface area contributed by atoms with E-state index in [1.54, 1.807) is 0 Å². The normalized spacial score (nSPS) is 12.7. The van der Waals surface area contributed by atoms with Crippen molar-refractivity contribution in [2.75, 3.05) is 13.2 Å². The van der Waals surface area contributed by atoms with E-state index in [-0.39, 0.29) is 19.4 Å². The van der Waals surface area contributed by atoms with E-state index in [1.165, 1.54) is 96.3 Å². The second-order valence-electron chi connectivity index (χ2n) is 12.5. The van der Waals surface area contributed by atoms with Crippen LogP contribution in [0.5, 0.6) is 0 Å². The lowest BCUT2D eigenvalue weighted by atomic mass is 10.1. The summed E-state index contributed by atoms with van der Waals surface area (Å²) in [5, 5.41) is 0. The molecule has 0 aliphatic carbocycles. The molecule has 0 fully saturated rings. The number of rotatable bonds is 34. The first kappa shape index (κ1) is 44.5. The molecule has 0 aliphatic rings. The van der Waals surface area contributed by atoms with E-state index in [2.05, 4.69) is 42.7 Å². The zero-order valence-corrected chi connectivity index (χ0v) is 30.4. The molecule has 0 aromatic carbocycles. The van der Waals surface area contributed by atoms with Crippen LogP contribution in [0, 0.1) is 0 Å². The molecule has 46 heavy (non-hydrogen) atoms. The number of phosphoric acid groups is 1. The highest BCUT2D eigenvalue weighted by molar-refractivity contribution is 7.46. The fourth-order valence-corrected chi connectivity index (χ4v) is 5.49. The standard InChI is InChI=1S/C37H69O8P/c1-3-5-7-9-11-13-15-17-18-20-21-23-25-27-29-31-36(38)43-33-35(34-44-46(40,41)42)45-37(39)32-30-28-26-24-22-19-16-14-12-10-8-6-4-2/h19,21-23,35H,3-18,20,24-34H2,1-2H3,(H2,40,41,42)/b22-19+,23-21+/t35-/m1/s1. The molecule has 2 N–H and O–H groups in total. The lowest BCUT2D eigenvalue weighted by Crippen LogP contribution is -2.29. The molecule has 9 heteroatoms. The molecule has 1 atom stereocenters. The number of allylic oxidation sites excluding steroid dienone is 4. The van der Waals surface area contributed by atoms with Crippen molar-refractivity contribution in [3.05, 3.63) is 24.3 Å². The van der Waals surface area contributed by atoms with E-state index in [1.807, 2.05) is 0 Å². The van der Waals surface area contributed by atoms with E-state index >= 15 is 0 Å². The summed E-state index contributed by atoms with van der Waals surface area (Å²) in [5.41, 5.74) is 0. The Morgan fingerprint density at radius 3 is 1.37 bits per heavy atom.